The number of epoxide rings is 1. The minimum Gasteiger partial charge on any atom is -0.390 e. The number of allylic oxidation sites excluding steroid dienone is 1. The lowest BCUT2D eigenvalue weighted by atomic mass is 9.40. The van der Waals surface area contributed by atoms with Crippen LogP contribution in [0.3, 0.4) is 0 Å². The van der Waals surface area contributed by atoms with Gasteiger partial charge >= 0.3 is 0 Å². The Bertz CT molecular complexity index is 1630. The molecular formula is C37H47NO5. The second kappa shape index (κ2) is 7.87. The van der Waals surface area contributed by atoms with Crippen molar-refractivity contribution in [2.24, 2.45) is 23.2 Å². The van der Waals surface area contributed by atoms with E-state index in [1.807, 2.05) is 20.8 Å². The average molecular weight is 586 g/mol. The lowest BCUT2D eigenvalue weighted by Crippen LogP contribution is -2.76. The smallest absolute Gasteiger partial charge is 0.153 e. The lowest BCUT2D eigenvalue weighted by molar-refractivity contribution is -0.265. The van der Waals surface area contributed by atoms with Gasteiger partial charge in [0.25, 0.3) is 0 Å². The number of aliphatic hydroxyl groups excluding tert-OH is 1. The van der Waals surface area contributed by atoms with Crippen molar-refractivity contribution in [3.63, 3.8) is 0 Å². The second-order valence-corrected chi connectivity index (χ2v) is 16.6. The number of rotatable bonds is 2. The van der Waals surface area contributed by atoms with E-state index in [0.29, 0.717) is 24.2 Å². The summed E-state index contributed by atoms with van der Waals surface area (Å²) in [4.78, 5) is 3.97. The molecule has 5 fully saturated rings. The largest absolute Gasteiger partial charge is 0.390 e. The van der Waals surface area contributed by atoms with Crippen LogP contribution in [0, 0.1) is 23.2 Å². The van der Waals surface area contributed by atoms with E-state index in [-0.39, 0.29) is 17.4 Å². The molecule has 230 valence electrons. The highest BCUT2D eigenvalue weighted by Gasteiger charge is 2.86. The fourth-order valence-corrected chi connectivity index (χ4v) is 12.1. The molecule has 0 unspecified atom stereocenters. The highest BCUT2D eigenvalue weighted by Crippen LogP contribution is 2.75. The molecule has 1 aromatic heterocycles. The molecule has 1 aromatic carbocycles. The van der Waals surface area contributed by atoms with Crippen LogP contribution in [0.4, 0.5) is 0 Å². The third-order valence-corrected chi connectivity index (χ3v) is 14.6. The van der Waals surface area contributed by atoms with Gasteiger partial charge in [0.15, 0.2) is 5.60 Å². The Hall–Kier alpha value is -1.96. The summed E-state index contributed by atoms with van der Waals surface area (Å²) in [5, 5.41) is 36.9. The molecule has 43 heavy (non-hydrogen) atoms. The highest BCUT2D eigenvalue weighted by atomic mass is 16.7. The minimum absolute atomic E-state index is 0.213. The van der Waals surface area contributed by atoms with E-state index in [1.165, 1.54) is 38.9 Å². The van der Waals surface area contributed by atoms with Gasteiger partial charge in [0.2, 0.25) is 0 Å². The molecule has 2 aliphatic heterocycles. The van der Waals surface area contributed by atoms with Crippen LogP contribution in [-0.2, 0) is 27.7 Å². The van der Waals surface area contributed by atoms with E-state index in [4.69, 9.17) is 9.47 Å². The molecule has 9 rings (SSSR count). The van der Waals surface area contributed by atoms with Crippen LogP contribution in [0.1, 0.15) is 95.0 Å². The molecule has 5 aliphatic carbocycles. The van der Waals surface area contributed by atoms with Gasteiger partial charge in [-0.2, -0.15) is 0 Å². The first-order valence-corrected chi connectivity index (χ1v) is 16.6. The third kappa shape index (κ3) is 2.83. The van der Waals surface area contributed by atoms with Gasteiger partial charge in [0.05, 0.1) is 11.7 Å². The van der Waals surface area contributed by atoms with Crippen LogP contribution >= 0.6 is 0 Å². The summed E-state index contributed by atoms with van der Waals surface area (Å²) in [6.07, 6.45) is 4.13. The number of fused-ring (bicyclic) bond motifs is 11. The maximum Gasteiger partial charge on any atom is 0.153 e. The predicted octanol–water partition coefficient (Wildman–Crippen LogP) is 5.37. The van der Waals surface area contributed by atoms with Crippen LogP contribution in [0.5, 0.6) is 0 Å². The van der Waals surface area contributed by atoms with Crippen molar-refractivity contribution in [2.45, 2.75) is 132 Å². The molecule has 3 heterocycles. The number of benzene rings is 1. The van der Waals surface area contributed by atoms with Crippen LogP contribution in [0.2, 0.25) is 0 Å². The van der Waals surface area contributed by atoms with Gasteiger partial charge in [-0.1, -0.05) is 38.6 Å². The number of H-pyrrole nitrogens is 1. The maximum absolute atomic E-state index is 13.0. The van der Waals surface area contributed by atoms with Crippen LogP contribution in [0.25, 0.3) is 10.9 Å². The van der Waals surface area contributed by atoms with Gasteiger partial charge in [-0.05, 0) is 118 Å². The Kier molecular flexibility index (Phi) is 5.01. The van der Waals surface area contributed by atoms with E-state index in [1.54, 1.807) is 0 Å². The van der Waals surface area contributed by atoms with Gasteiger partial charge < -0.3 is 29.8 Å². The molecule has 2 saturated heterocycles. The van der Waals surface area contributed by atoms with E-state index >= 15 is 0 Å². The average Bonchev–Trinajstić information content (AvgIpc) is 3.48. The first kappa shape index (κ1) is 27.4. The van der Waals surface area contributed by atoms with Crippen molar-refractivity contribution >= 4 is 10.9 Å². The first-order chi connectivity index (χ1) is 20.2. The number of hydrogen-bond donors (Lipinski definition) is 4. The molecule has 0 radical (unpaired) electrons. The number of ether oxygens (including phenoxy) is 2. The first-order valence-electron chi connectivity index (χ1n) is 16.6. The number of aliphatic hydroxyl groups is 3. The van der Waals surface area contributed by atoms with Crippen LogP contribution in [-0.4, -0.2) is 61.5 Å². The quantitative estimate of drug-likeness (QED) is 0.281. The SMILES string of the molecule is C=C1Cc2ccc3[nH]c4c(c3c2[C@@H]2[C@@H]1C[C@@H]2C(C)(C)O)C[C@@H]1CC[C@@]2(O)[C@]35O[C@@H]3[C@@H](O)[C@@H](C(=C)C)O[C@H]5CC[C@]2(C)[C@@]41C. The zero-order valence-corrected chi connectivity index (χ0v) is 26.3. The summed E-state index contributed by atoms with van der Waals surface area (Å²) in [5.74, 6) is 1.34. The molecule has 4 N–H and O–H groups in total. The lowest BCUT2D eigenvalue weighted by Gasteiger charge is -2.66. The summed E-state index contributed by atoms with van der Waals surface area (Å²) in [6.45, 7) is 19.1. The molecule has 12 atom stereocenters. The van der Waals surface area contributed by atoms with Crippen molar-refractivity contribution in [3.05, 3.63) is 58.8 Å². The van der Waals surface area contributed by atoms with Crippen molar-refractivity contribution in [2.75, 3.05) is 0 Å². The van der Waals surface area contributed by atoms with E-state index in [9.17, 15) is 15.3 Å². The van der Waals surface area contributed by atoms with E-state index < -0.39 is 40.5 Å². The van der Waals surface area contributed by atoms with Crippen molar-refractivity contribution in [1.82, 2.24) is 4.98 Å². The maximum atomic E-state index is 13.0. The van der Waals surface area contributed by atoms with E-state index in [0.717, 1.165) is 44.1 Å². The highest BCUT2D eigenvalue weighted by molar-refractivity contribution is 5.91. The molecule has 0 amide bonds. The summed E-state index contributed by atoms with van der Waals surface area (Å²) >= 11 is 0. The third-order valence-electron chi connectivity index (χ3n) is 14.6. The summed E-state index contributed by atoms with van der Waals surface area (Å²) in [6, 6.07) is 4.54. The molecule has 1 spiro atoms. The Labute approximate surface area is 254 Å². The Balaban J connectivity index is 1.19. The number of nitrogens with one attached hydrogen (secondary N) is 1. The van der Waals surface area contributed by atoms with Crippen LogP contribution in [0.15, 0.2) is 36.4 Å². The Morgan fingerprint density at radius 1 is 1.16 bits per heavy atom. The summed E-state index contributed by atoms with van der Waals surface area (Å²) in [5.41, 5.74) is 5.30. The monoisotopic (exact) mass is 585 g/mol. The summed E-state index contributed by atoms with van der Waals surface area (Å²) < 4.78 is 13.0. The molecule has 2 aromatic rings. The number of aromatic amines is 1. The number of hydrogen-bond acceptors (Lipinski definition) is 5. The van der Waals surface area contributed by atoms with Crippen molar-refractivity contribution < 1.29 is 24.8 Å². The van der Waals surface area contributed by atoms with Gasteiger partial charge in [-0.3, -0.25) is 0 Å². The Morgan fingerprint density at radius 3 is 2.65 bits per heavy atom. The topological polar surface area (TPSA) is 98.2 Å². The zero-order valence-electron chi connectivity index (χ0n) is 26.3. The van der Waals surface area contributed by atoms with Crippen molar-refractivity contribution in [3.8, 4) is 0 Å². The molecular weight excluding hydrogens is 538 g/mol. The molecule has 7 aliphatic rings. The molecule has 6 heteroatoms. The normalized spacial score (nSPS) is 49.1. The minimum atomic E-state index is -1.12. The number of aromatic nitrogens is 1. The van der Waals surface area contributed by atoms with Gasteiger partial charge in [-0.15, -0.1) is 0 Å². The second-order valence-electron chi connectivity index (χ2n) is 16.6. The van der Waals surface area contributed by atoms with Gasteiger partial charge in [0.1, 0.15) is 23.9 Å². The van der Waals surface area contributed by atoms with E-state index in [2.05, 4.69) is 44.1 Å². The fraction of sp³-hybridized carbons (Fsp3) is 0.676. The summed E-state index contributed by atoms with van der Waals surface area (Å²) in [7, 11) is 0. The molecule has 0 bridgehead atoms. The zero-order chi connectivity index (χ0) is 30.2. The predicted molar refractivity (Wildman–Crippen MR) is 165 cm³/mol. The molecule has 6 nitrogen and oxygen atoms in total. The standard InChI is InChI=1S/C37H47NO5/c1-17(2)30-29(39)32-37(43-32)25(42-30)11-12-34(6)35(7)20(10-13-36(34,37)41)15-22-28-24(38-31(22)35)9-8-19-14-18(3)21-16-23(33(4,5)40)27(21)26(19)28/h8-9,20-21,23,25,27,29-30,32,38-41H,1,3,10-16H2,2,4-7H3/t20-,21+,23-,25-,27+,29-,30+,32+,34+,35+,36-,37+/m0/s1. The van der Waals surface area contributed by atoms with Crippen LogP contribution < -0.4 is 0 Å². The fourth-order valence-electron chi connectivity index (χ4n) is 12.1. The van der Waals surface area contributed by atoms with Gasteiger partial charge in [-0.25, -0.2) is 0 Å². The Morgan fingerprint density at radius 2 is 1.93 bits per heavy atom. The van der Waals surface area contributed by atoms with Crippen molar-refractivity contribution in [1.29, 1.82) is 0 Å². The molecule has 3 saturated carbocycles. The van der Waals surface area contributed by atoms with Gasteiger partial charge in [0, 0.05) is 27.4 Å².